The summed E-state index contributed by atoms with van der Waals surface area (Å²) >= 11 is 0. The van der Waals surface area contributed by atoms with Gasteiger partial charge in [0.15, 0.2) is 9.84 Å². The maximum atomic E-state index is 13.3. The van der Waals surface area contributed by atoms with Gasteiger partial charge >= 0.3 is 0 Å². The number of benzene rings is 2. The fourth-order valence-electron chi connectivity index (χ4n) is 1.77. The molecule has 0 unspecified atom stereocenters. The molecule has 0 saturated carbocycles. The number of hydrogen-bond acceptors (Lipinski definition) is 3. The predicted octanol–water partition coefficient (Wildman–Crippen LogP) is 2.69. The molecule has 0 saturated heterocycles. The molecule has 3 nitrogen and oxygen atoms in total. The van der Waals surface area contributed by atoms with Crippen LogP contribution in [0.25, 0.3) is 0 Å². The van der Waals surface area contributed by atoms with E-state index in [0.717, 1.165) is 11.6 Å². The molecule has 0 aliphatic carbocycles. The number of aryl methyl sites for hydroxylation is 1. The first-order valence-electron chi connectivity index (χ1n) is 5.72. The van der Waals surface area contributed by atoms with E-state index in [9.17, 15) is 12.8 Å². The normalized spacial score (nSPS) is 11.5. The minimum Gasteiger partial charge on any atom is -0.396 e. The van der Waals surface area contributed by atoms with Gasteiger partial charge in [0, 0.05) is 0 Å². The summed E-state index contributed by atoms with van der Waals surface area (Å²) < 4.78 is 37.7. The van der Waals surface area contributed by atoms with E-state index in [1.54, 1.807) is 12.1 Å². The second-order valence-corrected chi connectivity index (χ2v) is 6.42. The molecule has 0 atom stereocenters. The Morgan fingerprint density at radius 1 is 1.16 bits per heavy atom. The largest absolute Gasteiger partial charge is 0.396 e. The van der Waals surface area contributed by atoms with Crippen molar-refractivity contribution in [1.29, 1.82) is 0 Å². The molecule has 0 fully saturated rings. The summed E-state index contributed by atoms with van der Waals surface area (Å²) in [5.41, 5.74) is 6.62. The van der Waals surface area contributed by atoms with Crippen LogP contribution in [0.5, 0.6) is 0 Å². The zero-order valence-electron chi connectivity index (χ0n) is 10.4. The second kappa shape index (κ2) is 5.01. The van der Waals surface area contributed by atoms with E-state index in [0.29, 0.717) is 5.56 Å². The van der Waals surface area contributed by atoms with Crippen LogP contribution >= 0.6 is 0 Å². The Labute approximate surface area is 111 Å². The third-order valence-electron chi connectivity index (χ3n) is 2.77. The van der Waals surface area contributed by atoms with E-state index < -0.39 is 15.7 Å². The SMILES string of the molecule is Cc1cccc(S(=O)(=O)Cc2ccc(N)c(F)c2)c1. The van der Waals surface area contributed by atoms with Crippen molar-refractivity contribution in [2.24, 2.45) is 0 Å². The van der Waals surface area contributed by atoms with Gasteiger partial charge < -0.3 is 5.73 Å². The monoisotopic (exact) mass is 279 g/mol. The summed E-state index contributed by atoms with van der Waals surface area (Å²) in [4.78, 5) is 0.240. The third kappa shape index (κ3) is 3.12. The van der Waals surface area contributed by atoms with Crippen molar-refractivity contribution in [3.63, 3.8) is 0 Å². The van der Waals surface area contributed by atoms with Crippen molar-refractivity contribution in [3.05, 3.63) is 59.4 Å². The Bertz CT molecular complexity index is 711. The number of nitrogen functional groups attached to an aromatic ring is 1. The van der Waals surface area contributed by atoms with Crippen molar-refractivity contribution >= 4 is 15.5 Å². The van der Waals surface area contributed by atoms with Gasteiger partial charge in [-0.3, -0.25) is 0 Å². The molecule has 5 heteroatoms. The minimum absolute atomic E-state index is 0.0108. The van der Waals surface area contributed by atoms with Crippen molar-refractivity contribution in [3.8, 4) is 0 Å². The lowest BCUT2D eigenvalue weighted by molar-refractivity contribution is 0.594. The first-order valence-corrected chi connectivity index (χ1v) is 7.37. The summed E-state index contributed by atoms with van der Waals surface area (Å²) in [6, 6.07) is 10.7. The van der Waals surface area contributed by atoms with Crippen LogP contribution in [-0.4, -0.2) is 8.42 Å². The first-order chi connectivity index (χ1) is 8.88. The third-order valence-corrected chi connectivity index (χ3v) is 4.46. The van der Waals surface area contributed by atoms with Gasteiger partial charge in [0.2, 0.25) is 0 Å². The van der Waals surface area contributed by atoms with Crippen LogP contribution in [0, 0.1) is 12.7 Å². The van der Waals surface area contributed by atoms with Gasteiger partial charge in [0.25, 0.3) is 0 Å². The molecule has 0 heterocycles. The summed E-state index contributed by atoms with van der Waals surface area (Å²) in [5, 5.41) is 0. The molecule has 2 aromatic carbocycles. The maximum absolute atomic E-state index is 13.3. The molecular formula is C14H14FNO2S. The molecule has 100 valence electrons. The standard InChI is InChI=1S/C14H14FNO2S/c1-10-3-2-4-12(7-10)19(17,18)9-11-5-6-14(16)13(15)8-11/h2-8H,9,16H2,1H3. The lowest BCUT2D eigenvalue weighted by Gasteiger charge is -2.06. The quantitative estimate of drug-likeness (QED) is 0.879. The fourth-order valence-corrected chi connectivity index (χ4v) is 3.21. The smallest absolute Gasteiger partial charge is 0.182 e. The zero-order valence-corrected chi connectivity index (χ0v) is 11.2. The molecule has 0 bridgehead atoms. The molecule has 0 amide bonds. The molecule has 0 aliphatic heterocycles. The number of nitrogens with two attached hydrogens (primary N) is 1. The van der Waals surface area contributed by atoms with Gasteiger partial charge in [-0.25, -0.2) is 12.8 Å². The van der Waals surface area contributed by atoms with Crippen molar-refractivity contribution in [1.82, 2.24) is 0 Å². The second-order valence-electron chi connectivity index (χ2n) is 4.43. The topological polar surface area (TPSA) is 60.2 Å². The average molecular weight is 279 g/mol. The van der Waals surface area contributed by atoms with Gasteiger partial charge in [-0.1, -0.05) is 18.2 Å². The highest BCUT2D eigenvalue weighted by molar-refractivity contribution is 7.90. The zero-order chi connectivity index (χ0) is 14.0. The first kappa shape index (κ1) is 13.5. The Kier molecular flexibility index (Phi) is 3.57. The highest BCUT2D eigenvalue weighted by atomic mass is 32.2. The van der Waals surface area contributed by atoms with E-state index in [2.05, 4.69) is 0 Å². The molecule has 0 aliphatic rings. The van der Waals surface area contributed by atoms with E-state index in [1.807, 2.05) is 13.0 Å². The Morgan fingerprint density at radius 2 is 1.89 bits per heavy atom. The number of sulfone groups is 1. The lowest BCUT2D eigenvalue weighted by Crippen LogP contribution is -2.06. The van der Waals surface area contributed by atoms with Crippen molar-refractivity contribution in [2.75, 3.05) is 5.73 Å². The maximum Gasteiger partial charge on any atom is 0.182 e. The van der Waals surface area contributed by atoms with Crippen LogP contribution in [0.15, 0.2) is 47.4 Å². The molecule has 2 aromatic rings. The van der Waals surface area contributed by atoms with Gasteiger partial charge in [0.1, 0.15) is 5.82 Å². The number of hydrogen-bond donors (Lipinski definition) is 1. The van der Waals surface area contributed by atoms with Gasteiger partial charge in [-0.05, 0) is 42.3 Å². The van der Waals surface area contributed by atoms with Gasteiger partial charge in [-0.2, -0.15) is 0 Å². The summed E-state index contributed by atoms with van der Waals surface area (Å²) in [5.74, 6) is -0.842. The van der Waals surface area contributed by atoms with Crippen LogP contribution in [0.4, 0.5) is 10.1 Å². The molecule has 19 heavy (non-hydrogen) atoms. The van der Waals surface area contributed by atoms with E-state index in [1.165, 1.54) is 18.2 Å². The van der Waals surface area contributed by atoms with Crippen LogP contribution < -0.4 is 5.73 Å². The molecule has 0 spiro atoms. The molecular weight excluding hydrogens is 265 g/mol. The summed E-state index contributed by atoms with van der Waals surface area (Å²) in [6.45, 7) is 1.82. The highest BCUT2D eigenvalue weighted by Gasteiger charge is 2.16. The van der Waals surface area contributed by atoms with Crippen LogP contribution in [-0.2, 0) is 15.6 Å². The molecule has 0 aromatic heterocycles. The van der Waals surface area contributed by atoms with E-state index in [4.69, 9.17) is 5.73 Å². The molecule has 2 rings (SSSR count). The van der Waals surface area contributed by atoms with Gasteiger partial charge in [0.05, 0.1) is 16.3 Å². The molecule has 2 N–H and O–H groups in total. The number of halogens is 1. The molecule has 0 radical (unpaired) electrons. The van der Waals surface area contributed by atoms with Crippen molar-refractivity contribution < 1.29 is 12.8 Å². The number of rotatable bonds is 3. The number of anilines is 1. The Balaban J connectivity index is 2.33. The average Bonchev–Trinajstić information content (AvgIpc) is 2.33. The van der Waals surface area contributed by atoms with Crippen LogP contribution in [0.3, 0.4) is 0 Å². The Hall–Kier alpha value is -1.88. The van der Waals surface area contributed by atoms with Gasteiger partial charge in [-0.15, -0.1) is 0 Å². The highest BCUT2D eigenvalue weighted by Crippen LogP contribution is 2.19. The van der Waals surface area contributed by atoms with E-state index >= 15 is 0 Å². The summed E-state index contributed by atoms with van der Waals surface area (Å²) in [6.07, 6.45) is 0. The van der Waals surface area contributed by atoms with Crippen LogP contribution in [0.2, 0.25) is 0 Å². The lowest BCUT2D eigenvalue weighted by atomic mass is 10.2. The van der Waals surface area contributed by atoms with Crippen molar-refractivity contribution in [2.45, 2.75) is 17.6 Å². The van der Waals surface area contributed by atoms with E-state index in [-0.39, 0.29) is 16.3 Å². The fraction of sp³-hybridized carbons (Fsp3) is 0.143. The van der Waals surface area contributed by atoms with Crippen LogP contribution in [0.1, 0.15) is 11.1 Å². The Morgan fingerprint density at radius 3 is 2.53 bits per heavy atom. The minimum atomic E-state index is -3.47. The predicted molar refractivity (Wildman–Crippen MR) is 72.9 cm³/mol. The summed E-state index contributed by atoms with van der Waals surface area (Å²) in [7, 11) is -3.47.